The number of rotatable bonds is 5. The maximum atomic E-state index is 12.5. The summed E-state index contributed by atoms with van der Waals surface area (Å²) in [5.41, 5.74) is 0.965. The van der Waals surface area contributed by atoms with Gasteiger partial charge in [0, 0.05) is 32.3 Å². The Morgan fingerprint density at radius 2 is 1.97 bits per heavy atom. The average Bonchev–Trinajstić information content (AvgIpc) is 3.52. The first kappa shape index (κ1) is 19.1. The Morgan fingerprint density at radius 1 is 1.10 bits per heavy atom. The van der Waals surface area contributed by atoms with Crippen LogP contribution < -0.4 is 0 Å². The summed E-state index contributed by atoms with van der Waals surface area (Å²) < 4.78 is 6.48. The number of thiazole rings is 1. The molecule has 7 nitrogen and oxygen atoms in total. The van der Waals surface area contributed by atoms with E-state index >= 15 is 0 Å². The lowest BCUT2D eigenvalue weighted by molar-refractivity contribution is -0.127. The zero-order valence-electron chi connectivity index (χ0n) is 16.1. The number of hydrogen-bond acceptors (Lipinski definition) is 8. The van der Waals surface area contributed by atoms with Crippen LogP contribution in [0.1, 0.15) is 10.8 Å². The maximum Gasteiger partial charge on any atom is 0.268 e. The van der Waals surface area contributed by atoms with Gasteiger partial charge < -0.3 is 9.42 Å². The number of benzene rings is 1. The van der Waals surface area contributed by atoms with Gasteiger partial charge in [0.15, 0.2) is 5.82 Å². The molecule has 1 fully saturated rings. The van der Waals surface area contributed by atoms with Crippen LogP contribution in [0.25, 0.3) is 27.1 Å². The minimum atomic E-state index is 0.0217. The van der Waals surface area contributed by atoms with Gasteiger partial charge in [0.2, 0.25) is 5.91 Å². The second kappa shape index (κ2) is 8.47. The molecule has 1 amide bonds. The number of hydrogen-bond donors (Lipinski definition) is 0. The molecule has 4 heterocycles. The van der Waals surface area contributed by atoms with Gasteiger partial charge in [0.05, 0.1) is 21.6 Å². The average molecular weight is 438 g/mol. The topological polar surface area (TPSA) is 75.4 Å². The summed E-state index contributed by atoms with van der Waals surface area (Å²) in [6, 6.07) is 11.9. The SMILES string of the molecule is O=C(/C=C/c1nc2ccccc2s1)N1CCN(Cc2noc(-c3cccs3)n2)CC1. The van der Waals surface area contributed by atoms with Crippen LogP contribution in [0.3, 0.4) is 0 Å². The quantitative estimate of drug-likeness (QED) is 0.443. The summed E-state index contributed by atoms with van der Waals surface area (Å²) in [7, 11) is 0. The highest BCUT2D eigenvalue weighted by Crippen LogP contribution is 2.23. The molecule has 9 heteroatoms. The molecule has 1 aliphatic rings. The number of carbonyl (C=O) groups excluding carboxylic acids is 1. The molecule has 30 heavy (non-hydrogen) atoms. The van der Waals surface area contributed by atoms with Gasteiger partial charge in [-0.05, 0) is 29.7 Å². The first-order valence-electron chi connectivity index (χ1n) is 9.66. The molecule has 4 aromatic rings. The molecule has 1 saturated heterocycles. The van der Waals surface area contributed by atoms with E-state index in [1.807, 2.05) is 52.8 Å². The Balaban J connectivity index is 1.14. The molecule has 152 valence electrons. The van der Waals surface area contributed by atoms with Crippen LogP contribution in [0, 0.1) is 0 Å². The Kier molecular flexibility index (Phi) is 5.39. The number of amides is 1. The van der Waals surface area contributed by atoms with Gasteiger partial charge >= 0.3 is 0 Å². The zero-order valence-corrected chi connectivity index (χ0v) is 17.7. The summed E-state index contributed by atoms with van der Waals surface area (Å²) in [5, 5.41) is 6.92. The molecule has 1 aromatic carbocycles. The normalized spacial score (nSPS) is 15.4. The van der Waals surface area contributed by atoms with Gasteiger partial charge in [-0.25, -0.2) is 4.98 Å². The molecule has 3 aromatic heterocycles. The van der Waals surface area contributed by atoms with Crippen molar-refractivity contribution >= 4 is 44.9 Å². The molecule has 0 saturated carbocycles. The molecule has 0 unspecified atom stereocenters. The van der Waals surface area contributed by atoms with E-state index in [0.29, 0.717) is 31.3 Å². The minimum absolute atomic E-state index is 0.0217. The predicted octanol–water partition coefficient (Wildman–Crippen LogP) is 3.77. The summed E-state index contributed by atoms with van der Waals surface area (Å²) in [6.07, 6.45) is 3.44. The van der Waals surface area contributed by atoms with E-state index in [-0.39, 0.29) is 5.91 Å². The van der Waals surface area contributed by atoms with E-state index in [9.17, 15) is 4.79 Å². The lowest BCUT2D eigenvalue weighted by Crippen LogP contribution is -2.47. The highest BCUT2D eigenvalue weighted by molar-refractivity contribution is 7.19. The highest BCUT2D eigenvalue weighted by Gasteiger charge is 2.21. The summed E-state index contributed by atoms with van der Waals surface area (Å²) >= 11 is 3.17. The zero-order chi connectivity index (χ0) is 20.3. The van der Waals surface area contributed by atoms with Crippen LogP contribution in [-0.4, -0.2) is 57.0 Å². The first-order valence-corrected chi connectivity index (χ1v) is 11.4. The molecular weight excluding hydrogens is 418 g/mol. The van der Waals surface area contributed by atoms with Crippen molar-refractivity contribution in [3.63, 3.8) is 0 Å². The molecule has 0 spiro atoms. The molecule has 0 aliphatic carbocycles. The lowest BCUT2D eigenvalue weighted by Gasteiger charge is -2.33. The molecule has 0 N–H and O–H groups in total. The standard InChI is InChI=1S/C21H19N5O2S2/c27-20(8-7-19-22-15-4-1-2-5-16(15)30-19)26-11-9-25(10-12-26)14-18-23-21(28-24-18)17-6-3-13-29-17/h1-8,13H,9-12,14H2/b8-7+. The number of nitrogens with zero attached hydrogens (tertiary/aromatic N) is 5. The fourth-order valence-corrected chi connectivity index (χ4v) is 4.87. The second-order valence-corrected chi connectivity index (χ2v) is 8.96. The number of carbonyl (C=O) groups is 1. The number of piperazine rings is 1. The van der Waals surface area contributed by atoms with Crippen LogP contribution >= 0.6 is 22.7 Å². The van der Waals surface area contributed by atoms with Crippen LogP contribution in [0.2, 0.25) is 0 Å². The van der Waals surface area contributed by atoms with E-state index in [1.54, 1.807) is 28.7 Å². The van der Waals surface area contributed by atoms with E-state index in [1.165, 1.54) is 0 Å². The predicted molar refractivity (Wildman–Crippen MR) is 118 cm³/mol. The molecular formula is C21H19N5O2S2. The molecule has 0 radical (unpaired) electrons. The number of thiophene rings is 1. The fourth-order valence-electron chi connectivity index (χ4n) is 3.35. The van der Waals surface area contributed by atoms with E-state index in [4.69, 9.17) is 4.52 Å². The smallest absolute Gasteiger partial charge is 0.268 e. The van der Waals surface area contributed by atoms with Crippen molar-refractivity contribution in [3.05, 3.63) is 58.7 Å². The first-order chi connectivity index (χ1) is 14.7. The van der Waals surface area contributed by atoms with Crippen molar-refractivity contribution in [2.45, 2.75) is 6.54 Å². The minimum Gasteiger partial charge on any atom is -0.337 e. The maximum absolute atomic E-state index is 12.5. The third kappa shape index (κ3) is 4.18. The molecule has 1 aliphatic heterocycles. The Labute approximate surface area is 181 Å². The monoisotopic (exact) mass is 437 g/mol. The molecule has 0 bridgehead atoms. The second-order valence-electron chi connectivity index (χ2n) is 6.95. The third-order valence-corrected chi connectivity index (χ3v) is 6.79. The Hall–Kier alpha value is -2.88. The van der Waals surface area contributed by atoms with Gasteiger partial charge in [-0.15, -0.1) is 22.7 Å². The van der Waals surface area contributed by atoms with Crippen molar-refractivity contribution in [3.8, 4) is 10.8 Å². The fraction of sp³-hybridized carbons (Fsp3) is 0.238. The van der Waals surface area contributed by atoms with Gasteiger partial charge in [0.25, 0.3) is 5.89 Å². The number of para-hydroxylation sites is 1. The summed E-state index contributed by atoms with van der Waals surface area (Å²) in [4.78, 5) is 26.6. The van der Waals surface area contributed by atoms with Crippen LogP contribution in [0.4, 0.5) is 0 Å². The molecule has 0 atom stereocenters. The van der Waals surface area contributed by atoms with E-state index in [2.05, 4.69) is 20.0 Å². The van der Waals surface area contributed by atoms with Gasteiger partial charge in [-0.1, -0.05) is 23.4 Å². The van der Waals surface area contributed by atoms with Crippen molar-refractivity contribution in [2.24, 2.45) is 0 Å². The largest absolute Gasteiger partial charge is 0.337 e. The lowest BCUT2D eigenvalue weighted by atomic mass is 10.3. The van der Waals surface area contributed by atoms with E-state index < -0.39 is 0 Å². The van der Waals surface area contributed by atoms with Gasteiger partial charge in [0.1, 0.15) is 5.01 Å². The van der Waals surface area contributed by atoms with Crippen molar-refractivity contribution in [1.82, 2.24) is 24.9 Å². The van der Waals surface area contributed by atoms with Crippen molar-refractivity contribution in [1.29, 1.82) is 0 Å². The third-order valence-electron chi connectivity index (χ3n) is 4.93. The number of fused-ring (bicyclic) bond motifs is 1. The van der Waals surface area contributed by atoms with E-state index in [0.717, 1.165) is 33.2 Å². The van der Waals surface area contributed by atoms with Crippen LogP contribution in [-0.2, 0) is 11.3 Å². The Bertz CT molecular complexity index is 1140. The van der Waals surface area contributed by atoms with Crippen molar-refractivity contribution in [2.75, 3.05) is 26.2 Å². The van der Waals surface area contributed by atoms with Gasteiger partial charge in [-0.2, -0.15) is 4.98 Å². The summed E-state index contributed by atoms with van der Waals surface area (Å²) in [6.45, 7) is 3.54. The Morgan fingerprint density at radius 3 is 2.77 bits per heavy atom. The summed E-state index contributed by atoms with van der Waals surface area (Å²) in [5.74, 6) is 1.26. The molecule has 5 rings (SSSR count). The van der Waals surface area contributed by atoms with Crippen LogP contribution in [0.15, 0.2) is 52.4 Å². The number of aromatic nitrogens is 3. The van der Waals surface area contributed by atoms with Crippen LogP contribution in [0.5, 0.6) is 0 Å². The highest BCUT2D eigenvalue weighted by atomic mass is 32.1. The van der Waals surface area contributed by atoms with Crippen molar-refractivity contribution < 1.29 is 9.32 Å². The van der Waals surface area contributed by atoms with Gasteiger partial charge in [-0.3, -0.25) is 9.69 Å².